The minimum absolute atomic E-state index is 0.215. The van der Waals surface area contributed by atoms with Crippen LogP contribution in [-0.2, 0) is 6.61 Å². The van der Waals surface area contributed by atoms with Crippen molar-refractivity contribution in [3.63, 3.8) is 0 Å². The van der Waals surface area contributed by atoms with Gasteiger partial charge in [-0.1, -0.05) is 5.16 Å². The Morgan fingerprint density at radius 1 is 1.50 bits per heavy atom. The summed E-state index contributed by atoms with van der Waals surface area (Å²) in [5, 5.41) is 12.3. The lowest BCUT2D eigenvalue weighted by Crippen LogP contribution is -1.86. The summed E-state index contributed by atoms with van der Waals surface area (Å²) in [6.45, 7) is 1.67. The van der Waals surface area contributed by atoms with E-state index in [9.17, 15) is 0 Å². The molecule has 0 aliphatic carbocycles. The standard InChI is InChI=1S/C9H9N3O2/c1-6-4-7(2-3-10-6)9-11-8(5-13)12-14-9/h2-4,13H,5H2,1H3. The molecule has 0 saturated carbocycles. The van der Waals surface area contributed by atoms with E-state index >= 15 is 0 Å². The molecule has 2 aromatic rings. The molecule has 0 spiro atoms. The smallest absolute Gasteiger partial charge is 0.258 e. The number of hydrogen-bond donors (Lipinski definition) is 1. The molecule has 0 unspecified atom stereocenters. The van der Waals surface area contributed by atoms with Crippen LogP contribution >= 0.6 is 0 Å². The van der Waals surface area contributed by atoms with Crippen LogP contribution in [0.4, 0.5) is 0 Å². The lowest BCUT2D eigenvalue weighted by molar-refractivity contribution is 0.264. The van der Waals surface area contributed by atoms with Gasteiger partial charge in [0, 0.05) is 17.5 Å². The van der Waals surface area contributed by atoms with Gasteiger partial charge in [-0.25, -0.2) is 0 Å². The van der Waals surface area contributed by atoms with E-state index in [0.29, 0.717) is 5.89 Å². The lowest BCUT2D eigenvalue weighted by Gasteiger charge is -1.94. The highest BCUT2D eigenvalue weighted by molar-refractivity contribution is 5.52. The molecular weight excluding hydrogens is 182 g/mol. The molecule has 0 amide bonds. The fourth-order valence-corrected chi connectivity index (χ4v) is 1.11. The summed E-state index contributed by atoms with van der Waals surface area (Å²) in [5.74, 6) is 0.689. The Kier molecular flexibility index (Phi) is 2.24. The molecule has 5 nitrogen and oxygen atoms in total. The Morgan fingerprint density at radius 3 is 3.00 bits per heavy atom. The summed E-state index contributed by atoms with van der Waals surface area (Å²) in [4.78, 5) is 8.04. The molecule has 1 N–H and O–H groups in total. The number of nitrogens with zero attached hydrogens (tertiary/aromatic N) is 3. The van der Waals surface area contributed by atoms with Gasteiger partial charge in [-0.05, 0) is 19.1 Å². The van der Waals surface area contributed by atoms with E-state index in [1.165, 1.54) is 0 Å². The number of aliphatic hydroxyl groups is 1. The third kappa shape index (κ3) is 1.62. The molecule has 14 heavy (non-hydrogen) atoms. The van der Waals surface area contributed by atoms with Crippen LogP contribution in [0.3, 0.4) is 0 Å². The Labute approximate surface area is 80.4 Å². The maximum absolute atomic E-state index is 8.76. The monoisotopic (exact) mass is 191 g/mol. The second kappa shape index (κ2) is 3.55. The van der Waals surface area contributed by atoms with Crippen molar-refractivity contribution in [1.82, 2.24) is 15.1 Å². The summed E-state index contributed by atoms with van der Waals surface area (Å²) in [6.07, 6.45) is 1.67. The van der Waals surface area contributed by atoms with Crippen LogP contribution in [0.5, 0.6) is 0 Å². The van der Waals surface area contributed by atoms with Crippen LogP contribution < -0.4 is 0 Å². The Balaban J connectivity index is 2.39. The molecule has 0 aromatic carbocycles. The molecule has 5 heteroatoms. The molecule has 0 aliphatic rings. The van der Waals surface area contributed by atoms with Gasteiger partial charge in [0.1, 0.15) is 6.61 Å². The molecule has 2 rings (SSSR count). The van der Waals surface area contributed by atoms with E-state index in [0.717, 1.165) is 11.3 Å². The fourth-order valence-electron chi connectivity index (χ4n) is 1.11. The van der Waals surface area contributed by atoms with Gasteiger partial charge in [-0.3, -0.25) is 4.98 Å². The van der Waals surface area contributed by atoms with Gasteiger partial charge in [-0.15, -0.1) is 0 Å². The summed E-state index contributed by atoms with van der Waals surface area (Å²) in [5.41, 5.74) is 1.69. The predicted octanol–water partition coefficient (Wildman–Crippen LogP) is 0.932. The number of pyridine rings is 1. The van der Waals surface area contributed by atoms with Gasteiger partial charge >= 0.3 is 0 Å². The Morgan fingerprint density at radius 2 is 2.36 bits per heavy atom. The van der Waals surface area contributed by atoms with E-state index < -0.39 is 0 Å². The zero-order valence-electron chi connectivity index (χ0n) is 7.64. The quantitative estimate of drug-likeness (QED) is 0.764. The van der Waals surface area contributed by atoms with Gasteiger partial charge in [0.25, 0.3) is 5.89 Å². The van der Waals surface area contributed by atoms with Crippen molar-refractivity contribution in [2.45, 2.75) is 13.5 Å². The van der Waals surface area contributed by atoms with E-state index in [-0.39, 0.29) is 12.4 Å². The van der Waals surface area contributed by atoms with Crippen LogP contribution in [0.25, 0.3) is 11.5 Å². The van der Waals surface area contributed by atoms with Crippen molar-refractivity contribution in [2.75, 3.05) is 0 Å². The lowest BCUT2D eigenvalue weighted by atomic mass is 10.2. The molecule has 2 heterocycles. The SMILES string of the molecule is Cc1cc(-c2nc(CO)no2)ccn1. The van der Waals surface area contributed by atoms with Crippen LogP contribution in [0.2, 0.25) is 0 Å². The first-order valence-corrected chi connectivity index (χ1v) is 4.16. The number of rotatable bonds is 2. The predicted molar refractivity (Wildman–Crippen MR) is 48.2 cm³/mol. The molecule has 0 fully saturated rings. The number of hydrogen-bond acceptors (Lipinski definition) is 5. The average molecular weight is 191 g/mol. The Hall–Kier alpha value is -1.75. The molecule has 0 bridgehead atoms. The third-order valence-corrected chi connectivity index (χ3v) is 1.75. The Bertz CT molecular complexity index is 439. The fraction of sp³-hybridized carbons (Fsp3) is 0.222. The normalized spacial score (nSPS) is 10.4. The van der Waals surface area contributed by atoms with Crippen molar-refractivity contribution in [3.05, 3.63) is 29.8 Å². The number of aryl methyl sites for hydroxylation is 1. The van der Waals surface area contributed by atoms with E-state index in [2.05, 4.69) is 15.1 Å². The topological polar surface area (TPSA) is 72.0 Å². The number of aliphatic hydroxyl groups excluding tert-OH is 1. The molecule has 0 radical (unpaired) electrons. The number of aromatic nitrogens is 3. The van der Waals surface area contributed by atoms with E-state index in [4.69, 9.17) is 9.63 Å². The highest BCUT2D eigenvalue weighted by Crippen LogP contribution is 2.16. The maximum atomic E-state index is 8.76. The van der Waals surface area contributed by atoms with Crippen LogP contribution in [0.15, 0.2) is 22.9 Å². The van der Waals surface area contributed by atoms with Gasteiger partial charge < -0.3 is 9.63 Å². The molecule has 72 valence electrons. The van der Waals surface area contributed by atoms with Crippen LogP contribution in [0, 0.1) is 6.92 Å². The van der Waals surface area contributed by atoms with Gasteiger partial charge in [0.2, 0.25) is 0 Å². The summed E-state index contributed by atoms with van der Waals surface area (Å²) in [6, 6.07) is 3.62. The van der Waals surface area contributed by atoms with Crippen molar-refractivity contribution in [3.8, 4) is 11.5 Å². The highest BCUT2D eigenvalue weighted by Gasteiger charge is 2.07. The maximum Gasteiger partial charge on any atom is 0.258 e. The van der Waals surface area contributed by atoms with Gasteiger partial charge in [0.05, 0.1) is 0 Å². The van der Waals surface area contributed by atoms with Crippen molar-refractivity contribution < 1.29 is 9.63 Å². The van der Waals surface area contributed by atoms with Gasteiger partial charge in [-0.2, -0.15) is 4.98 Å². The van der Waals surface area contributed by atoms with Crippen molar-refractivity contribution >= 4 is 0 Å². The second-order valence-electron chi connectivity index (χ2n) is 2.86. The first-order chi connectivity index (χ1) is 6.79. The van der Waals surface area contributed by atoms with Crippen molar-refractivity contribution in [2.24, 2.45) is 0 Å². The highest BCUT2D eigenvalue weighted by atomic mass is 16.5. The van der Waals surface area contributed by atoms with Crippen LogP contribution in [0.1, 0.15) is 11.5 Å². The van der Waals surface area contributed by atoms with E-state index in [1.54, 1.807) is 12.3 Å². The first kappa shape index (κ1) is 8.83. The van der Waals surface area contributed by atoms with Crippen molar-refractivity contribution in [1.29, 1.82) is 0 Å². The zero-order chi connectivity index (χ0) is 9.97. The van der Waals surface area contributed by atoms with Gasteiger partial charge in [0.15, 0.2) is 5.82 Å². The first-order valence-electron chi connectivity index (χ1n) is 4.16. The van der Waals surface area contributed by atoms with E-state index in [1.807, 2.05) is 13.0 Å². The van der Waals surface area contributed by atoms with Crippen LogP contribution in [-0.4, -0.2) is 20.2 Å². The third-order valence-electron chi connectivity index (χ3n) is 1.75. The summed E-state index contributed by atoms with van der Waals surface area (Å²) in [7, 11) is 0. The minimum atomic E-state index is -0.215. The average Bonchev–Trinajstić information content (AvgIpc) is 2.66. The molecule has 2 aromatic heterocycles. The summed E-state index contributed by atoms with van der Waals surface area (Å²) < 4.78 is 4.95. The largest absolute Gasteiger partial charge is 0.388 e. The second-order valence-corrected chi connectivity index (χ2v) is 2.86. The molecule has 0 saturated heterocycles. The molecule has 0 aliphatic heterocycles. The minimum Gasteiger partial charge on any atom is -0.388 e. The molecular formula is C9H9N3O2. The molecule has 0 atom stereocenters. The zero-order valence-corrected chi connectivity index (χ0v) is 7.64. The summed E-state index contributed by atoms with van der Waals surface area (Å²) >= 11 is 0.